The average Bonchev–Trinajstić information content (AvgIpc) is 2.34. The van der Waals surface area contributed by atoms with Gasteiger partial charge in [0, 0.05) is 10.5 Å². The van der Waals surface area contributed by atoms with Crippen molar-refractivity contribution in [3.63, 3.8) is 0 Å². The Kier molecular flexibility index (Phi) is 4.55. The molecule has 0 amide bonds. The third kappa shape index (κ3) is 3.19. The second kappa shape index (κ2) is 5.96. The Morgan fingerprint density at radius 3 is 2.78 bits per heavy atom. The Morgan fingerprint density at radius 2 is 2.06 bits per heavy atom. The van der Waals surface area contributed by atoms with E-state index in [0.717, 1.165) is 27.7 Å². The molecule has 1 fully saturated rings. The smallest absolute Gasteiger partial charge is 0.142 e. The van der Waals surface area contributed by atoms with Crippen LogP contribution in [0.2, 0.25) is 0 Å². The van der Waals surface area contributed by atoms with Gasteiger partial charge in [0.1, 0.15) is 5.75 Å². The summed E-state index contributed by atoms with van der Waals surface area (Å²) in [6.45, 7) is 4.69. The van der Waals surface area contributed by atoms with E-state index in [1.54, 1.807) is 7.11 Å². The summed E-state index contributed by atoms with van der Waals surface area (Å²) in [5.41, 5.74) is 1.10. The van der Waals surface area contributed by atoms with Crippen molar-refractivity contribution < 1.29 is 4.74 Å². The van der Waals surface area contributed by atoms with E-state index < -0.39 is 0 Å². The maximum Gasteiger partial charge on any atom is 0.142 e. The zero-order chi connectivity index (χ0) is 13.1. The summed E-state index contributed by atoms with van der Waals surface area (Å²) < 4.78 is 6.51. The maximum absolute atomic E-state index is 5.42. The van der Waals surface area contributed by atoms with Crippen molar-refractivity contribution in [2.45, 2.75) is 39.2 Å². The minimum absolute atomic E-state index is 0.553. The van der Waals surface area contributed by atoms with Gasteiger partial charge in [0.05, 0.1) is 12.8 Å². The lowest BCUT2D eigenvalue weighted by Crippen LogP contribution is -2.33. The van der Waals surface area contributed by atoms with Crippen LogP contribution in [0.3, 0.4) is 0 Å². The van der Waals surface area contributed by atoms with Crippen molar-refractivity contribution in [1.82, 2.24) is 0 Å². The molecular weight excluding hydrogens is 290 g/mol. The topological polar surface area (TPSA) is 21.3 Å². The van der Waals surface area contributed by atoms with Crippen molar-refractivity contribution in [1.29, 1.82) is 0 Å². The van der Waals surface area contributed by atoms with Gasteiger partial charge in [0.15, 0.2) is 0 Å². The van der Waals surface area contributed by atoms with E-state index in [0.29, 0.717) is 6.04 Å². The van der Waals surface area contributed by atoms with Gasteiger partial charge in [0.2, 0.25) is 0 Å². The summed E-state index contributed by atoms with van der Waals surface area (Å²) in [5, 5.41) is 3.67. The fourth-order valence-corrected chi connectivity index (χ4v) is 3.09. The number of ether oxygens (including phenoxy) is 1. The molecule has 2 nitrogen and oxygen atoms in total. The molecule has 0 saturated heterocycles. The second-order valence-electron chi connectivity index (χ2n) is 5.49. The highest BCUT2D eigenvalue weighted by Crippen LogP contribution is 2.34. The number of rotatable bonds is 3. The first-order valence-electron chi connectivity index (χ1n) is 6.70. The molecule has 0 aromatic heterocycles. The fraction of sp³-hybridized carbons (Fsp3) is 0.600. The van der Waals surface area contributed by atoms with E-state index >= 15 is 0 Å². The summed E-state index contributed by atoms with van der Waals surface area (Å²) in [6, 6.07) is 6.67. The molecule has 100 valence electrons. The van der Waals surface area contributed by atoms with Gasteiger partial charge in [-0.05, 0) is 42.9 Å². The minimum atomic E-state index is 0.553. The molecule has 3 atom stereocenters. The first-order chi connectivity index (χ1) is 8.60. The SMILES string of the molecule is COc1ccc(Br)cc1NC1CC(C)CCC1C. The molecular formula is C15H22BrNO. The number of hydrogen-bond donors (Lipinski definition) is 1. The first kappa shape index (κ1) is 13.7. The highest BCUT2D eigenvalue weighted by molar-refractivity contribution is 9.10. The molecule has 2 rings (SSSR count). The number of hydrogen-bond acceptors (Lipinski definition) is 2. The maximum atomic E-state index is 5.42. The molecule has 0 bridgehead atoms. The number of methoxy groups -OCH3 is 1. The van der Waals surface area contributed by atoms with E-state index in [4.69, 9.17) is 4.74 Å². The molecule has 3 heteroatoms. The molecule has 1 aliphatic carbocycles. The van der Waals surface area contributed by atoms with Crippen LogP contribution in [0.5, 0.6) is 5.75 Å². The predicted molar refractivity (Wildman–Crippen MR) is 80.3 cm³/mol. The number of halogens is 1. The molecule has 0 spiro atoms. The summed E-state index contributed by atoms with van der Waals surface area (Å²) in [6.07, 6.45) is 3.92. The Balaban J connectivity index is 2.14. The average molecular weight is 312 g/mol. The predicted octanol–water partition coefficient (Wildman–Crippen LogP) is 4.69. The summed E-state index contributed by atoms with van der Waals surface area (Å²) in [4.78, 5) is 0. The first-order valence-corrected chi connectivity index (χ1v) is 7.49. The molecule has 0 aliphatic heterocycles. The van der Waals surface area contributed by atoms with Crippen molar-refractivity contribution in [2.24, 2.45) is 11.8 Å². The third-order valence-corrected chi connectivity index (χ3v) is 4.45. The van der Waals surface area contributed by atoms with Crippen LogP contribution in [-0.2, 0) is 0 Å². The van der Waals surface area contributed by atoms with E-state index in [2.05, 4.69) is 41.2 Å². The van der Waals surface area contributed by atoms with Gasteiger partial charge in [-0.2, -0.15) is 0 Å². The van der Waals surface area contributed by atoms with Crippen LogP contribution in [0, 0.1) is 11.8 Å². The molecule has 1 aromatic rings. The van der Waals surface area contributed by atoms with E-state index in [9.17, 15) is 0 Å². The Hall–Kier alpha value is -0.700. The van der Waals surface area contributed by atoms with Crippen molar-refractivity contribution in [3.8, 4) is 5.75 Å². The van der Waals surface area contributed by atoms with Gasteiger partial charge in [-0.25, -0.2) is 0 Å². The lowest BCUT2D eigenvalue weighted by atomic mass is 9.80. The van der Waals surface area contributed by atoms with E-state index in [1.807, 2.05) is 12.1 Å². The van der Waals surface area contributed by atoms with Crippen LogP contribution in [0.15, 0.2) is 22.7 Å². The van der Waals surface area contributed by atoms with Crippen LogP contribution in [0.25, 0.3) is 0 Å². The number of anilines is 1. The number of nitrogens with one attached hydrogen (secondary N) is 1. The van der Waals surface area contributed by atoms with Gasteiger partial charge in [-0.15, -0.1) is 0 Å². The molecule has 3 unspecified atom stereocenters. The van der Waals surface area contributed by atoms with E-state index in [-0.39, 0.29) is 0 Å². The highest BCUT2D eigenvalue weighted by atomic mass is 79.9. The molecule has 1 N–H and O–H groups in total. The molecule has 18 heavy (non-hydrogen) atoms. The van der Waals surface area contributed by atoms with Gasteiger partial charge < -0.3 is 10.1 Å². The van der Waals surface area contributed by atoms with Gasteiger partial charge in [0.25, 0.3) is 0 Å². The van der Waals surface area contributed by atoms with Crippen LogP contribution in [-0.4, -0.2) is 13.2 Å². The van der Waals surface area contributed by atoms with Gasteiger partial charge >= 0.3 is 0 Å². The number of benzene rings is 1. The minimum Gasteiger partial charge on any atom is -0.495 e. The molecule has 0 heterocycles. The molecule has 1 aromatic carbocycles. The summed E-state index contributed by atoms with van der Waals surface area (Å²) in [5.74, 6) is 2.46. The van der Waals surface area contributed by atoms with Crippen LogP contribution in [0.1, 0.15) is 33.1 Å². The summed E-state index contributed by atoms with van der Waals surface area (Å²) >= 11 is 3.52. The molecule has 0 radical (unpaired) electrons. The lowest BCUT2D eigenvalue weighted by Gasteiger charge is -2.34. The van der Waals surface area contributed by atoms with Crippen molar-refractivity contribution in [2.75, 3.05) is 12.4 Å². The van der Waals surface area contributed by atoms with Gasteiger partial charge in [-0.3, -0.25) is 0 Å². The zero-order valence-electron chi connectivity index (χ0n) is 11.4. The monoisotopic (exact) mass is 311 g/mol. The normalized spacial score (nSPS) is 27.9. The van der Waals surface area contributed by atoms with Crippen molar-refractivity contribution in [3.05, 3.63) is 22.7 Å². The largest absolute Gasteiger partial charge is 0.495 e. The standard InChI is InChI=1S/C15H22BrNO/c1-10-4-5-11(2)13(8-10)17-14-9-12(16)6-7-15(14)18-3/h6-7,9-11,13,17H,4-5,8H2,1-3H3. The Morgan fingerprint density at radius 1 is 1.28 bits per heavy atom. The highest BCUT2D eigenvalue weighted by Gasteiger charge is 2.25. The van der Waals surface area contributed by atoms with Crippen molar-refractivity contribution >= 4 is 21.6 Å². The quantitative estimate of drug-likeness (QED) is 0.874. The second-order valence-corrected chi connectivity index (χ2v) is 6.41. The van der Waals surface area contributed by atoms with Crippen LogP contribution >= 0.6 is 15.9 Å². The zero-order valence-corrected chi connectivity index (χ0v) is 13.0. The van der Waals surface area contributed by atoms with Crippen LogP contribution in [0.4, 0.5) is 5.69 Å². The fourth-order valence-electron chi connectivity index (χ4n) is 2.73. The molecule has 1 aliphatic rings. The third-order valence-electron chi connectivity index (χ3n) is 3.96. The Bertz CT molecular complexity index is 407. The van der Waals surface area contributed by atoms with Gasteiger partial charge in [-0.1, -0.05) is 36.2 Å². The lowest BCUT2D eigenvalue weighted by molar-refractivity contribution is 0.280. The molecule has 1 saturated carbocycles. The summed E-state index contributed by atoms with van der Waals surface area (Å²) in [7, 11) is 1.72. The van der Waals surface area contributed by atoms with E-state index in [1.165, 1.54) is 19.3 Å². The van der Waals surface area contributed by atoms with Crippen LogP contribution < -0.4 is 10.1 Å². The Labute approximate surface area is 118 Å².